The van der Waals surface area contributed by atoms with Crippen LogP contribution in [-0.2, 0) is 4.79 Å². The largest absolute Gasteiger partial charge is 0.480 e. The maximum absolute atomic E-state index is 12.5. The van der Waals surface area contributed by atoms with E-state index in [0.29, 0.717) is 32.2 Å². The summed E-state index contributed by atoms with van der Waals surface area (Å²) >= 11 is 0. The third-order valence-electron chi connectivity index (χ3n) is 4.72. The highest BCUT2D eigenvalue weighted by atomic mass is 16.4. The average Bonchev–Trinajstić information content (AvgIpc) is 2.48. The SMILES string of the molecule is CC1CN(C(=O)N2CCN(C(C)C(=O)O)CC2)CCN1C. The molecule has 2 rings (SSSR count). The van der Waals surface area contributed by atoms with E-state index in [1.807, 2.05) is 14.7 Å². The zero-order chi connectivity index (χ0) is 15.6. The lowest BCUT2D eigenvalue weighted by Gasteiger charge is -2.42. The predicted octanol–water partition coefficient (Wildman–Crippen LogP) is -0.167. The highest BCUT2D eigenvalue weighted by Gasteiger charge is 2.31. The number of carbonyl (C=O) groups excluding carboxylic acids is 1. The summed E-state index contributed by atoms with van der Waals surface area (Å²) in [5, 5.41) is 9.03. The van der Waals surface area contributed by atoms with Crippen LogP contribution in [0.4, 0.5) is 4.79 Å². The van der Waals surface area contributed by atoms with E-state index in [2.05, 4.69) is 18.9 Å². The van der Waals surface area contributed by atoms with Crippen molar-refractivity contribution in [2.24, 2.45) is 0 Å². The molecule has 0 aromatic rings. The summed E-state index contributed by atoms with van der Waals surface area (Å²) < 4.78 is 0. The van der Waals surface area contributed by atoms with Gasteiger partial charge in [0.1, 0.15) is 6.04 Å². The maximum Gasteiger partial charge on any atom is 0.320 e. The number of hydrogen-bond donors (Lipinski definition) is 1. The van der Waals surface area contributed by atoms with Crippen LogP contribution in [0.3, 0.4) is 0 Å². The standard InChI is InChI=1S/C14H26N4O3/c1-11-10-18(5-4-15(11)3)14(21)17-8-6-16(7-9-17)12(2)13(19)20/h11-12H,4-10H2,1-3H3,(H,19,20). The van der Waals surface area contributed by atoms with Crippen LogP contribution in [0.15, 0.2) is 0 Å². The lowest BCUT2D eigenvalue weighted by Crippen LogP contribution is -2.59. The summed E-state index contributed by atoms with van der Waals surface area (Å²) in [4.78, 5) is 31.5. The van der Waals surface area contributed by atoms with Crippen molar-refractivity contribution in [3.8, 4) is 0 Å². The van der Waals surface area contributed by atoms with Gasteiger partial charge < -0.3 is 19.8 Å². The number of nitrogens with zero attached hydrogens (tertiary/aromatic N) is 4. The van der Waals surface area contributed by atoms with Crippen LogP contribution in [0.2, 0.25) is 0 Å². The van der Waals surface area contributed by atoms with Crippen molar-refractivity contribution < 1.29 is 14.7 Å². The van der Waals surface area contributed by atoms with Gasteiger partial charge in [-0.05, 0) is 20.9 Å². The Morgan fingerprint density at radius 2 is 1.62 bits per heavy atom. The Balaban J connectivity index is 1.84. The third kappa shape index (κ3) is 3.65. The summed E-state index contributed by atoms with van der Waals surface area (Å²) in [6.07, 6.45) is 0. The Bertz CT molecular complexity index is 396. The van der Waals surface area contributed by atoms with Crippen LogP contribution in [0, 0.1) is 0 Å². The zero-order valence-corrected chi connectivity index (χ0v) is 13.2. The van der Waals surface area contributed by atoms with Crippen molar-refractivity contribution in [2.45, 2.75) is 25.9 Å². The number of carboxylic acid groups (broad SMARTS) is 1. The number of aliphatic carboxylic acids is 1. The van der Waals surface area contributed by atoms with Gasteiger partial charge in [-0.2, -0.15) is 0 Å². The molecule has 0 aromatic carbocycles. The quantitative estimate of drug-likeness (QED) is 0.767. The first-order valence-electron chi connectivity index (χ1n) is 7.61. The monoisotopic (exact) mass is 298 g/mol. The van der Waals surface area contributed by atoms with Crippen LogP contribution in [0.5, 0.6) is 0 Å². The number of likely N-dealkylation sites (N-methyl/N-ethyl adjacent to an activating group) is 1. The van der Waals surface area contributed by atoms with Gasteiger partial charge in [-0.1, -0.05) is 0 Å². The van der Waals surface area contributed by atoms with Gasteiger partial charge in [0.2, 0.25) is 0 Å². The summed E-state index contributed by atoms with van der Waals surface area (Å²) in [5.41, 5.74) is 0. The minimum absolute atomic E-state index is 0.0950. The fourth-order valence-corrected chi connectivity index (χ4v) is 2.88. The number of carbonyl (C=O) groups is 2. The topological polar surface area (TPSA) is 67.3 Å². The van der Waals surface area contributed by atoms with Gasteiger partial charge in [0.15, 0.2) is 0 Å². The van der Waals surface area contributed by atoms with E-state index in [9.17, 15) is 9.59 Å². The van der Waals surface area contributed by atoms with Crippen molar-refractivity contribution in [1.82, 2.24) is 19.6 Å². The van der Waals surface area contributed by atoms with Gasteiger partial charge >= 0.3 is 12.0 Å². The van der Waals surface area contributed by atoms with Crippen molar-refractivity contribution in [1.29, 1.82) is 0 Å². The summed E-state index contributed by atoms with van der Waals surface area (Å²) in [6, 6.07) is -0.000453. The molecule has 2 amide bonds. The van der Waals surface area contributed by atoms with Crippen LogP contribution in [0.25, 0.3) is 0 Å². The van der Waals surface area contributed by atoms with Crippen LogP contribution in [0.1, 0.15) is 13.8 Å². The molecule has 0 saturated carbocycles. The second-order valence-electron chi connectivity index (χ2n) is 6.10. The Morgan fingerprint density at radius 1 is 1.05 bits per heavy atom. The first kappa shape index (κ1) is 16.0. The van der Waals surface area contributed by atoms with E-state index in [1.54, 1.807) is 6.92 Å². The second-order valence-corrected chi connectivity index (χ2v) is 6.10. The van der Waals surface area contributed by atoms with E-state index in [0.717, 1.165) is 19.6 Å². The van der Waals surface area contributed by atoms with Crippen molar-refractivity contribution in [3.05, 3.63) is 0 Å². The predicted molar refractivity (Wildman–Crippen MR) is 79.3 cm³/mol. The fourth-order valence-electron chi connectivity index (χ4n) is 2.88. The molecule has 1 N–H and O–H groups in total. The van der Waals surface area contributed by atoms with E-state index >= 15 is 0 Å². The molecule has 120 valence electrons. The smallest absolute Gasteiger partial charge is 0.320 e. The number of hydrogen-bond acceptors (Lipinski definition) is 4. The lowest BCUT2D eigenvalue weighted by atomic mass is 10.2. The molecular formula is C14H26N4O3. The molecule has 2 aliphatic heterocycles. The van der Waals surface area contributed by atoms with Gasteiger partial charge in [-0.3, -0.25) is 9.69 Å². The maximum atomic E-state index is 12.5. The zero-order valence-electron chi connectivity index (χ0n) is 13.2. The lowest BCUT2D eigenvalue weighted by molar-refractivity contribution is -0.143. The Kier molecular flexibility index (Phi) is 5.05. The van der Waals surface area contributed by atoms with E-state index in [1.165, 1.54) is 0 Å². The van der Waals surface area contributed by atoms with Crippen LogP contribution in [-0.4, -0.2) is 102 Å². The molecule has 2 saturated heterocycles. The molecule has 0 aliphatic carbocycles. The number of amides is 2. The third-order valence-corrected chi connectivity index (χ3v) is 4.72. The molecule has 2 aliphatic rings. The van der Waals surface area contributed by atoms with E-state index in [-0.39, 0.29) is 6.03 Å². The Labute approximate surface area is 126 Å². The van der Waals surface area contributed by atoms with Gasteiger partial charge in [0.05, 0.1) is 0 Å². The molecule has 7 heteroatoms. The molecule has 2 heterocycles. The fraction of sp³-hybridized carbons (Fsp3) is 0.857. The highest BCUT2D eigenvalue weighted by Crippen LogP contribution is 2.13. The molecule has 7 nitrogen and oxygen atoms in total. The van der Waals surface area contributed by atoms with Crippen molar-refractivity contribution in [3.63, 3.8) is 0 Å². The molecule has 0 bridgehead atoms. The minimum atomic E-state index is -0.803. The average molecular weight is 298 g/mol. The molecule has 21 heavy (non-hydrogen) atoms. The first-order valence-corrected chi connectivity index (χ1v) is 7.61. The van der Waals surface area contributed by atoms with Gasteiger partial charge in [-0.25, -0.2) is 4.79 Å². The normalized spacial score (nSPS) is 26.7. The Morgan fingerprint density at radius 3 is 2.14 bits per heavy atom. The second kappa shape index (κ2) is 6.62. The van der Waals surface area contributed by atoms with Crippen LogP contribution >= 0.6 is 0 Å². The molecule has 2 fully saturated rings. The molecule has 0 radical (unpaired) electrons. The molecule has 2 atom stereocenters. The molecule has 0 spiro atoms. The van der Waals surface area contributed by atoms with Crippen molar-refractivity contribution in [2.75, 3.05) is 52.9 Å². The number of rotatable bonds is 2. The van der Waals surface area contributed by atoms with Gasteiger partial charge in [-0.15, -0.1) is 0 Å². The molecular weight excluding hydrogens is 272 g/mol. The highest BCUT2D eigenvalue weighted by molar-refractivity contribution is 5.75. The number of piperazine rings is 2. The van der Waals surface area contributed by atoms with Gasteiger partial charge in [0, 0.05) is 51.9 Å². The van der Waals surface area contributed by atoms with Gasteiger partial charge in [0.25, 0.3) is 0 Å². The number of urea groups is 1. The first-order chi connectivity index (χ1) is 9.90. The minimum Gasteiger partial charge on any atom is -0.480 e. The molecule has 0 aromatic heterocycles. The Hall–Kier alpha value is -1.34. The molecule has 2 unspecified atom stereocenters. The number of carboxylic acids is 1. The summed E-state index contributed by atoms with van der Waals surface area (Å²) in [6.45, 7) is 8.74. The van der Waals surface area contributed by atoms with E-state index in [4.69, 9.17) is 5.11 Å². The van der Waals surface area contributed by atoms with E-state index < -0.39 is 12.0 Å². The van der Waals surface area contributed by atoms with Crippen molar-refractivity contribution >= 4 is 12.0 Å². The summed E-state index contributed by atoms with van der Waals surface area (Å²) in [7, 11) is 2.08. The summed E-state index contributed by atoms with van der Waals surface area (Å²) in [5.74, 6) is -0.803. The van der Waals surface area contributed by atoms with Crippen LogP contribution < -0.4 is 0 Å².